The molecule has 28 heavy (non-hydrogen) atoms. The van der Waals surface area contributed by atoms with E-state index in [0.717, 1.165) is 45.2 Å². The molecular weight excluding hydrogens is 381 g/mol. The van der Waals surface area contributed by atoms with Crippen molar-refractivity contribution in [1.29, 1.82) is 0 Å². The van der Waals surface area contributed by atoms with E-state index >= 15 is 0 Å². The predicted molar refractivity (Wildman–Crippen MR) is 109 cm³/mol. The normalized spacial score (nSPS) is 13.0. The van der Waals surface area contributed by atoms with Gasteiger partial charge in [0.2, 0.25) is 0 Å². The number of halogens is 3. The van der Waals surface area contributed by atoms with Crippen LogP contribution in [0.3, 0.4) is 0 Å². The lowest BCUT2D eigenvalue weighted by molar-refractivity contribution is -0.137. The number of alkyl halides is 3. The first kappa shape index (κ1) is 20.5. The van der Waals surface area contributed by atoms with Crippen LogP contribution in [0.4, 0.5) is 13.2 Å². The molecule has 148 valence electrons. The molecule has 0 N–H and O–H groups in total. The van der Waals surface area contributed by atoms with Crippen LogP contribution in [-0.2, 0) is 6.18 Å². The summed E-state index contributed by atoms with van der Waals surface area (Å²) in [5, 5.41) is 0. The fourth-order valence-electron chi connectivity index (χ4n) is 3.08. The monoisotopic (exact) mass is 404 g/mol. The van der Waals surface area contributed by atoms with E-state index in [4.69, 9.17) is 4.74 Å². The van der Waals surface area contributed by atoms with Crippen LogP contribution in [0.5, 0.6) is 5.75 Å². The van der Waals surface area contributed by atoms with Crippen LogP contribution in [0.2, 0.25) is 0 Å². The zero-order chi connectivity index (χ0) is 20.3. The minimum absolute atomic E-state index is 0.0874. The molecule has 1 unspecified atom stereocenters. The molecule has 0 amide bonds. The van der Waals surface area contributed by atoms with Gasteiger partial charge in [0, 0.05) is 9.75 Å². The number of ether oxygens (including phenoxy) is 1. The summed E-state index contributed by atoms with van der Waals surface area (Å²) in [6.45, 7) is 6.34. The predicted octanol–water partition coefficient (Wildman–Crippen LogP) is 7.91. The molecule has 0 radical (unpaired) electrons. The second-order valence-corrected chi connectivity index (χ2v) is 8.37. The van der Waals surface area contributed by atoms with E-state index in [9.17, 15) is 13.2 Å². The number of rotatable bonds is 6. The molecular formula is C23H23F3OS. The fraction of sp³-hybridized carbons (Fsp3) is 0.304. The molecule has 1 nitrogen and oxygen atoms in total. The van der Waals surface area contributed by atoms with E-state index in [-0.39, 0.29) is 6.10 Å². The molecule has 0 aliphatic rings. The van der Waals surface area contributed by atoms with E-state index in [0.29, 0.717) is 5.92 Å². The molecule has 3 aromatic rings. The number of para-hydroxylation sites is 1. The van der Waals surface area contributed by atoms with E-state index in [1.807, 2.05) is 43.3 Å². The molecule has 0 spiro atoms. The Morgan fingerprint density at radius 2 is 1.61 bits per heavy atom. The Labute approximate surface area is 167 Å². The van der Waals surface area contributed by atoms with Crippen LogP contribution in [0.15, 0.2) is 60.7 Å². The van der Waals surface area contributed by atoms with E-state index in [1.165, 1.54) is 12.1 Å². The molecule has 0 saturated heterocycles. The molecule has 0 bridgehead atoms. The number of benzene rings is 2. The summed E-state index contributed by atoms with van der Waals surface area (Å²) in [6, 6.07) is 17.1. The van der Waals surface area contributed by atoms with Gasteiger partial charge in [-0.25, -0.2) is 0 Å². The first-order valence-electron chi connectivity index (χ1n) is 9.23. The highest BCUT2D eigenvalue weighted by Gasteiger charge is 2.30. The number of hydrogen-bond donors (Lipinski definition) is 0. The summed E-state index contributed by atoms with van der Waals surface area (Å²) >= 11 is 1.59. The van der Waals surface area contributed by atoms with E-state index in [2.05, 4.69) is 13.8 Å². The summed E-state index contributed by atoms with van der Waals surface area (Å²) in [5.74, 6) is 1.27. The summed E-state index contributed by atoms with van der Waals surface area (Å²) in [4.78, 5) is 2.07. The molecule has 0 fully saturated rings. The van der Waals surface area contributed by atoms with E-state index < -0.39 is 11.7 Å². The Morgan fingerprint density at radius 3 is 2.18 bits per heavy atom. The first-order chi connectivity index (χ1) is 13.2. The molecule has 3 rings (SSSR count). The highest BCUT2D eigenvalue weighted by molar-refractivity contribution is 7.15. The lowest BCUT2D eigenvalue weighted by atomic mass is 10.0. The van der Waals surface area contributed by atoms with Crippen molar-refractivity contribution < 1.29 is 17.9 Å². The van der Waals surface area contributed by atoms with Gasteiger partial charge in [-0.05, 0) is 60.7 Å². The third kappa shape index (κ3) is 4.96. The van der Waals surface area contributed by atoms with Gasteiger partial charge in [0.15, 0.2) is 0 Å². The van der Waals surface area contributed by atoms with Gasteiger partial charge in [0.25, 0.3) is 0 Å². The maximum absolute atomic E-state index is 12.8. The number of thiophene rings is 1. The van der Waals surface area contributed by atoms with Gasteiger partial charge in [-0.1, -0.05) is 44.2 Å². The van der Waals surface area contributed by atoms with Crippen molar-refractivity contribution in [2.75, 3.05) is 0 Å². The molecule has 1 atom stereocenters. The van der Waals surface area contributed by atoms with Gasteiger partial charge in [-0.15, -0.1) is 11.3 Å². The quantitative estimate of drug-likeness (QED) is 0.405. The van der Waals surface area contributed by atoms with Crippen LogP contribution < -0.4 is 4.74 Å². The molecule has 5 heteroatoms. The third-order valence-corrected chi connectivity index (χ3v) is 5.83. The van der Waals surface area contributed by atoms with Crippen LogP contribution >= 0.6 is 11.3 Å². The van der Waals surface area contributed by atoms with Crippen molar-refractivity contribution in [1.82, 2.24) is 0 Å². The minimum atomic E-state index is -4.32. The first-order valence-corrected chi connectivity index (χ1v) is 10.1. The summed E-state index contributed by atoms with van der Waals surface area (Å²) in [6.07, 6.45) is -3.54. The summed E-state index contributed by atoms with van der Waals surface area (Å²) < 4.78 is 44.7. The number of aryl methyl sites for hydroxylation is 1. The summed E-state index contributed by atoms with van der Waals surface area (Å²) in [5.41, 5.74) is 1.26. The zero-order valence-electron chi connectivity index (χ0n) is 16.1. The molecule has 1 heterocycles. The highest BCUT2D eigenvalue weighted by atomic mass is 32.1. The second-order valence-electron chi connectivity index (χ2n) is 7.28. The van der Waals surface area contributed by atoms with Crippen molar-refractivity contribution in [3.05, 3.63) is 76.7 Å². The molecule has 2 aromatic carbocycles. The van der Waals surface area contributed by atoms with Gasteiger partial charge >= 0.3 is 6.18 Å². The van der Waals surface area contributed by atoms with Crippen LogP contribution in [0, 0.1) is 12.8 Å². The van der Waals surface area contributed by atoms with Crippen LogP contribution in [0.1, 0.15) is 42.4 Å². The molecule has 0 saturated carbocycles. The Balaban J connectivity index is 1.89. The Kier molecular flexibility index (Phi) is 6.14. The lowest BCUT2D eigenvalue weighted by Gasteiger charge is -2.21. The smallest absolute Gasteiger partial charge is 0.416 e. The van der Waals surface area contributed by atoms with E-state index in [1.54, 1.807) is 11.3 Å². The van der Waals surface area contributed by atoms with Gasteiger partial charge in [-0.3, -0.25) is 0 Å². The second kappa shape index (κ2) is 8.39. The maximum atomic E-state index is 12.8. The van der Waals surface area contributed by atoms with Crippen LogP contribution in [-0.4, -0.2) is 0 Å². The minimum Gasteiger partial charge on any atom is -0.485 e. The fourth-order valence-corrected chi connectivity index (χ4v) is 4.30. The molecule has 0 aliphatic carbocycles. The largest absolute Gasteiger partial charge is 0.485 e. The van der Waals surface area contributed by atoms with Crippen molar-refractivity contribution in [3.63, 3.8) is 0 Å². The summed E-state index contributed by atoms with van der Waals surface area (Å²) in [7, 11) is 0. The SMILES string of the molecule is Cc1cc(-c2ccc(C(F)(F)F)cc2)sc1C(CC(C)C)Oc1ccccc1. The standard InChI is InChI=1S/C23H23F3OS/c1-15(2)13-20(27-19-7-5-4-6-8-19)22-16(3)14-21(28-22)17-9-11-18(12-10-17)23(24,25)26/h4-12,14-15,20H,13H2,1-3H3. The van der Waals surface area contributed by atoms with Crippen molar-refractivity contribution in [2.45, 2.75) is 39.5 Å². The maximum Gasteiger partial charge on any atom is 0.416 e. The van der Waals surface area contributed by atoms with Gasteiger partial charge in [0.05, 0.1) is 5.56 Å². The number of hydrogen-bond acceptors (Lipinski definition) is 2. The van der Waals surface area contributed by atoms with Gasteiger partial charge in [-0.2, -0.15) is 13.2 Å². The average Bonchev–Trinajstić information content (AvgIpc) is 3.03. The van der Waals surface area contributed by atoms with Crippen molar-refractivity contribution in [3.8, 4) is 16.2 Å². The topological polar surface area (TPSA) is 9.23 Å². The third-order valence-electron chi connectivity index (χ3n) is 4.45. The van der Waals surface area contributed by atoms with Crippen LogP contribution in [0.25, 0.3) is 10.4 Å². The van der Waals surface area contributed by atoms with Crippen molar-refractivity contribution in [2.24, 2.45) is 5.92 Å². The Bertz CT molecular complexity index is 896. The Morgan fingerprint density at radius 1 is 0.964 bits per heavy atom. The Hall–Kier alpha value is -2.27. The average molecular weight is 404 g/mol. The van der Waals surface area contributed by atoms with Gasteiger partial charge in [0.1, 0.15) is 11.9 Å². The lowest BCUT2D eigenvalue weighted by Crippen LogP contribution is -2.10. The molecule has 1 aromatic heterocycles. The highest BCUT2D eigenvalue weighted by Crippen LogP contribution is 2.40. The van der Waals surface area contributed by atoms with Gasteiger partial charge < -0.3 is 4.74 Å². The van der Waals surface area contributed by atoms with Crippen molar-refractivity contribution >= 4 is 11.3 Å². The zero-order valence-corrected chi connectivity index (χ0v) is 16.9. The molecule has 0 aliphatic heterocycles.